The molecule has 2 heterocycles. The third kappa shape index (κ3) is 5.00. The Balaban J connectivity index is 1.98. The molecule has 1 fully saturated rings. The number of esters is 1. The molecule has 1 saturated heterocycles. The number of sulfone groups is 1. The highest BCUT2D eigenvalue weighted by molar-refractivity contribution is 7.91. The van der Waals surface area contributed by atoms with E-state index in [1.807, 2.05) is 13.8 Å². The summed E-state index contributed by atoms with van der Waals surface area (Å²) in [5, 5.41) is 3.62. The van der Waals surface area contributed by atoms with Crippen molar-refractivity contribution in [2.75, 3.05) is 18.1 Å². The van der Waals surface area contributed by atoms with Crippen molar-refractivity contribution in [1.29, 1.82) is 0 Å². The van der Waals surface area contributed by atoms with Crippen LogP contribution in [0.3, 0.4) is 0 Å². The average Bonchev–Trinajstić information content (AvgIpc) is 2.92. The van der Waals surface area contributed by atoms with Crippen LogP contribution >= 0.6 is 0 Å². The van der Waals surface area contributed by atoms with Crippen molar-refractivity contribution in [3.05, 3.63) is 0 Å². The quantitative estimate of drug-likeness (QED) is 0.633. The number of hydrazone groups is 1. The molecule has 0 aliphatic carbocycles. The summed E-state index contributed by atoms with van der Waals surface area (Å²) in [7, 11) is -3.13. The van der Waals surface area contributed by atoms with Gasteiger partial charge < -0.3 is 9.64 Å². The Hall–Kier alpha value is -1.97. The minimum Gasteiger partial charge on any atom is -0.451 e. The van der Waals surface area contributed by atoms with Crippen LogP contribution in [-0.2, 0) is 29.0 Å². The number of nitrogens with one attached hydrogen (secondary N) is 1. The predicted octanol–water partition coefficient (Wildman–Crippen LogP) is -0.390. The lowest BCUT2D eigenvalue weighted by Crippen LogP contribution is -2.48. The first-order valence-electron chi connectivity index (χ1n) is 8.27. The van der Waals surface area contributed by atoms with E-state index in [2.05, 4.69) is 10.5 Å². The average molecular weight is 373 g/mol. The van der Waals surface area contributed by atoms with Crippen molar-refractivity contribution in [1.82, 2.24) is 10.3 Å². The molecule has 1 N–H and O–H groups in total. The largest absolute Gasteiger partial charge is 0.451 e. The van der Waals surface area contributed by atoms with Crippen molar-refractivity contribution < 1.29 is 27.5 Å². The van der Waals surface area contributed by atoms with Gasteiger partial charge in [0.05, 0.1) is 11.5 Å². The van der Waals surface area contributed by atoms with E-state index in [1.54, 1.807) is 0 Å². The lowest BCUT2D eigenvalue weighted by Gasteiger charge is -2.33. The third-order valence-electron chi connectivity index (χ3n) is 4.42. The first-order valence-corrected chi connectivity index (χ1v) is 10.1. The van der Waals surface area contributed by atoms with Gasteiger partial charge in [-0.3, -0.25) is 9.59 Å². The molecule has 0 bridgehead atoms. The van der Waals surface area contributed by atoms with Gasteiger partial charge in [0.15, 0.2) is 16.4 Å². The van der Waals surface area contributed by atoms with Gasteiger partial charge in [-0.25, -0.2) is 18.6 Å². The zero-order chi connectivity index (χ0) is 18.6. The lowest BCUT2D eigenvalue weighted by molar-refractivity contribution is -0.149. The number of carbonyl (C=O) groups is 3. The van der Waals surface area contributed by atoms with Gasteiger partial charge in [-0.1, -0.05) is 6.92 Å². The summed E-state index contributed by atoms with van der Waals surface area (Å²) >= 11 is 0. The number of hydrogen-bond donors (Lipinski definition) is 1. The summed E-state index contributed by atoms with van der Waals surface area (Å²) in [5.74, 6) is -1.45. The zero-order valence-corrected chi connectivity index (χ0v) is 15.2. The van der Waals surface area contributed by atoms with Crippen LogP contribution < -0.4 is 5.43 Å². The second-order valence-corrected chi connectivity index (χ2v) is 8.51. The van der Waals surface area contributed by atoms with Gasteiger partial charge >= 0.3 is 5.97 Å². The van der Waals surface area contributed by atoms with Crippen LogP contribution in [0.15, 0.2) is 5.10 Å². The Kier molecular flexibility index (Phi) is 6.15. The highest BCUT2D eigenvalue weighted by atomic mass is 32.2. The molecular weight excluding hydrogens is 350 g/mol. The van der Waals surface area contributed by atoms with E-state index in [0.717, 1.165) is 0 Å². The van der Waals surface area contributed by atoms with Gasteiger partial charge in [0.2, 0.25) is 5.91 Å². The number of hydrogen-bond acceptors (Lipinski definition) is 7. The van der Waals surface area contributed by atoms with Crippen molar-refractivity contribution in [2.45, 2.75) is 51.6 Å². The third-order valence-corrected chi connectivity index (χ3v) is 6.17. The van der Waals surface area contributed by atoms with Gasteiger partial charge in [0.25, 0.3) is 5.91 Å². The summed E-state index contributed by atoms with van der Waals surface area (Å²) in [5.41, 5.74) is 2.25. The molecule has 2 aliphatic heterocycles. The first kappa shape index (κ1) is 19.4. The highest BCUT2D eigenvalue weighted by Crippen LogP contribution is 2.21. The Morgan fingerprint density at radius 2 is 2.12 bits per heavy atom. The van der Waals surface area contributed by atoms with Crippen LogP contribution in [0.2, 0.25) is 0 Å². The van der Waals surface area contributed by atoms with E-state index >= 15 is 0 Å². The van der Waals surface area contributed by atoms with Crippen LogP contribution in [0.25, 0.3) is 0 Å². The summed E-state index contributed by atoms with van der Waals surface area (Å²) in [4.78, 5) is 37.0. The molecule has 0 unspecified atom stereocenters. The second kappa shape index (κ2) is 7.94. The Bertz CT molecular complexity index is 687. The van der Waals surface area contributed by atoms with Crippen molar-refractivity contribution >= 4 is 33.3 Å². The van der Waals surface area contributed by atoms with Crippen molar-refractivity contribution in [3.8, 4) is 0 Å². The highest BCUT2D eigenvalue weighted by Gasteiger charge is 2.37. The summed E-state index contributed by atoms with van der Waals surface area (Å²) in [6, 6.07) is -0.548. The molecular formula is C15H23N3O6S. The smallest absolute Gasteiger partial charge is 0.355 e. The maximum absolute atomic E-state index is 12.5. The standard InChI is InChI=1S/C15H23N3O6S/c1-3-10(2)18(11-6-7-25(22,23)9-11)14(20)8-24-15(21)12-4-5-13(19)17-16-12/h10-11H,3-9H2,1-2H3,(H,17,19)/t10-,11+/m1/s1. The van der Waals surface area contributed by atoms with E-state index in [-0.39, 0.29) is 42.0 Å². The monoisotopic (exact) mass is 373 g/mol. The molecule has 25 heavy (non-hydrogen) atoms. The van der Waals surface area contributed by atoms with Gasteiger partial charge in [-0.15, -0.1) is 0 Å². The van der Waals surface area contributed by atoms with E-state index in [0.29, 0.717) is 12.8 Å². The Labute approximate surface area is 146 Å². The van der Waals surface area contributed by atoms with Crippen LogP contribution in [0.5, 0.6) is 0 Å². The Morgan fingerprint density at radius 3 is 2.64 bits per heavy atom. The predicted molar refractivity (Wildman–Crippen MR) is 89.4 cm³/mol. The van der Waals surface area contributed by atoms with Crippen LogP contribution in [0.1, 0.15) is 39.5 Å². The summed E-state index contributed by atoms with van der Waals surface area (Å²) in [6.07, 6.45) is 1.36. The molecule has 2 atom stereocenters. The van der Waals surface area contributed by atoms with Crippen molar-refractivity contribution in [2.24, 2.45) is 5.10 Å². The maximum Gasteiger partial charge on any atom is 0.355 e. The molecule has 0 spiro atoms. The topological polar surface area (TPSA) is 122 Å². The molecule has 140 valence electrons. The minimum absolute atomic E-state index is 0.0598. The number of carbonyl (C=O) groups excluding carboxylic acids is 3. The fraction of sp³-hybridized carbons (Fsp3) is 0.733. The van der Waals surface area contributed by atoms with E-state index < -0.39 is 34.4 Å². The molecule has 0 aromatic rings. The molecule has 0 aromatic carbocycles. The number of rotatable bonds is 6. The van der Waals surface area contributed by atoms with Gasteiger partial charge in [0.1, 0.15) is 5.71 Å². The minimum atomic E-state index is -3.13. The second-order valence-electron chi connectivity index (χ2n) is 6.28. The van der Waals surface area contributed by atoms with Crippen molar-refractivity contribution in [3.63, 3.8) is 0 Å². The van der Waals surface area contributed by atoms with Crippen LogP contribution in [0, 0.1) is 0 Å². The van der Waals surface area contributed by atoms with E-state index in [4.69, 9.17) is 4.74 Å². The SMILES string of the molecule is CC[C@@H](C)N(C(=O)COC(=O)C1=NNC(=O)CC1)[C@H]1CCS(=O)(=O)C1. The number of ether oxygens (including phenoxy) is 1. The summed E-state index contributed by atoms with van der Waals surface area (Å²) in [6.45, 7) is 3.26. The molecule has 0 saturated carbocycles. The number of amides is 2. The zero-order valence-electron chi connectivity index (χ0n) is 14.4. The normalized spacial score (nSPS) is 23.4. The van der Waals surface area contributed by atoms with Gasteiger partial charge in [-0.05, 0) is 19.8 Å². The molecule has 9 nitrogen and oxygen atoms in total. The fourth-order valence-electron chi connectivity index (χ4n) is 2.91. The molecule has 10 heteroatoms. The Morgan fingerprint density at radius 1 is 1.40 bits per heavy atom. The lowest BCUT2D eigenvalue weighted by atomic mass is 10.1. The van der Waals surface area contributed by atoms with Gasteiger partial charge in [0, 0.05) is 24.9 Å². The molecule has 0 aromatic heterocycles. The molecule has 2 rings (SSSR count). The first-order chi connectivity index (χ1) is 11.7. The van der Waals surface area contributed by atoms with E-state index in [1.165, 1.54) is 4.90 Å². The molecule has 0 radical (unpaired) electrons. The van der Waals surface area contributed by atoms with Crippen LogP contribution in [0.4, 0.5) is 0 Å². The fourth-order valence-corrected chi connectivity index (χ4v) is 4.62. The maximum atomic E-state index is 12.5. The van der Waals surface area contributed by atoms with Crippen LogP contribution in [-0.4, -0.2) is 67.0 Å². The van der Waals surface area contributed by atoms with Gasteiger partial charge in [-0.2, -0.15) is 5.10 Å². The number of nitrogens with zero attached hydrogens (tertiary/aromatic N) is 2. The molecule has 2 aliphatic rings. The summed E-state index contributed by atoms with van der Waals surface area (Å²) < 4.78 is 28.4. The van der Waals surface area contributed by atoms with E-state index in [9.17, 15) is 22.8 Å². The molecule has 2 amide bonds.